The summed E-state index contributed by atoms with van der Waals surface area (Å²) in [7, 11) is 1.98. The van der Waals surface area contributed by atoms with E-state index < -0.39 is 0 Å². The zero-order valence-corrected chi connectivity index (χ0v) is 9.27. The van der Waals surface area contributed by atoms with Crippen LogP contribution in [0.4, 0.5) is 0 Å². The van der Waals surface area contributed by atoms with Gasteiger partial charge in [-0.25, -0.2) is 0 Å². The number of nitrogens with two attached hydrogens (primary N) is 1. The van der Waals surface area contributed by atoms with Gasteiger partial charge in [-0.2, -0.15) is 0 Å². The maximum Gasteiger partial charge on any atom is 0.108 e. The lowest BCUT2D eigenvalue weighted by atomic mass is 10.2. The van der Waals surface area contributed by atoms with Crippen molar-refractivity contribution in [3.8, 4) is 0 Å². The Labute approximate surface area is 90.6 Å². The molecule has 0 spiro atoms. The minimum atomic E-state index is 0.00633. The first kappa shape index (κ1) is 11.7. The number of rotatable bonds is 5. The first-order valence-electron chi connectivity index (χ1n) is 5.04. The zero-order chi connectivity index (χ0) is 11.3. The van der Waals surface area contributed by atoms with E-state index in [-0.39, 0.29) is 11.9 Å². The van der Waals surface area contributed by atoms with E-state index in [0.717, 1.165) is 13.0 Å². The Bertz CT molecular complexity index is 310. The van der Waals surface area contributed by atoms with Crippen molar-refractivity contribution >= 4 is 5.84 Å². The first-order chi connectivity index (χ1) is 7.11. The van der Waals surface area contributed by atoms with E-state index in [2.05, 4.69) is 9.88 Å². The highest BCUT2D eigenvalue weighted by Gasteiger charge is 2.10. The van der Waals surface area contributed by atoms with E-state index in [9.17, 15) is 0 Å². The molecule has 1 aromatic rings. The molecule has 1 aromatic heterocycles. The molecule has 1 heterocycles. The van der Waals surface area contributed by atoms with Gasteiger partial charge in [0.1, 0.15) is 5.84 Å². The molecule has 1 unspecified atom stereocenters. The standard InChI is InChI=1S/C11H18N4/c1-9(11(12)13)15(2)8-5-10-3-6-14-7-4-10/h3-4,6-7,9H,5,8H2,1-2H3,(H3,12,13). The lowest BCUT2D eigenvalue weighted by Crippen LogP contribution is -2.40. The van der Waals surface area contributed by atoms with Crippen LogP contribution in [0.1, 0.15) is 12.5 Å². The summed E-state index contributed by atoms with van der Waals surface area (Å²) >= 11 is 0. The van der Waals surface area contributed by atoms with Crippen LogP contribution in [0.5, 0.6) is 0 Å². The van der Waals surface area contributed by atoms with Gasteiger partial charge in [-0.3, -0.25) is 15.3 Å². The molecule has 0 bridgehead atoms. The van der Waals surface area contributed by atoms with Crippen LogP contribution < -0.4 is 5.73 Å². The smallest absolute Gasteiger partial charge is 0.108 e. The zero-order valence-electron chi connectivity index (χ0n) is 9.27. The number of nitrogens with zero attached hydrogens (tertiary/aromatic N) is 2. The third kappa shape index (κ3) is 3.67. The van der Waals surface area contributed by atoms with Crippen molar-refractivity contribution < 1.29 is 0 Å². The fraction of sp³-hybridized carbons (Fsp3) is 0.455. The molecule has 1 atom stereocenters. The number of pyridine rings is 1. The molecular formula is C11H18N4. The van der Waals surface area contributed by atoms with Gasteiger partial charge < -0.3 is 5.73 Å². The predicted octanol–water partition coefficient (Wildman–Crippen LogP) is 0.880. The summed E-state index contributed by atoms with van der Waals surface area (Å²) in [6, 6.07) is 4.02. The molecule has 0 saturated heterocycles. The summed E-state index contributed by atoms with van der Waals surface area (Å²) in [5.74, 6) is 0.215. The molecule has 3 N–H and O–H groups in total. The van der Waals surface area contributed by atoms with E-state index in [1.54, 1.807) is 12.4 Å². The highest BCUT2D eigenvalue weighted by atomic mass is 15.1. The van der Waals surface area contributed by atoms with Gasteiger partial charge in [-0.1, -0.05) is 0 Å². The molecular weight excluding hydrogens is 188 g/mol. The van der Waals surface area contributed by atoms with Crippen LogP contribution in [0, 0.1) is 5.41 Å². The van der Waals surface area contributed by atoms with Gasteiger partial charge in [-0.05, 0) is 38.1 Å². The Morgan fingerprint density at radius 2 is 2.13 bits per heavy atom. The van der Waals surface area contributed by atoms with Gasteiger partial charge in [-0.15, -0.1) is 0 Å². The van der Waals surface area contributed by atoms with Crippen molar-refractivity contribution in [2.45, 2.75) is 19.4 Å². The van der Waals surface area contributed by atoms with Gasteiger partial charge in [0.05, 0.1) is 6.04 Å². The fourth-order valence-corrected chi connectivity index (χ4v) is 1.29. The Kier molecular flexibility index (Phi) is 4.24. The first-order valence-corrected chi connectivity index (χ1v) is 5.04. The van der Waals surface area contributed by atoms with Crippen molar-refractivity contribution in [3.05, 3.63) is 30.1 Å². The molecule has 0 aromatic carbocycles. The van der Waals surface area contributed by atoms with Gasteiger partial charge >= 0.3 is 0 Å². The second kappa shape index (κ2) is 5.46. The molecule has 0 amide bonds. The van der Waals surface area contributed by atoms with Crippen molar-refractivity contribution in [2.75, 3.05) is 13.6 Å². The SMILES string of the molecule is CC(C(=N)N)N(C)CCc1ccncc1. The van der Waals surface area contributed by atoms with Crippen LogP contribution in [-0.4, -0.2) is 35.4 Å². The van der Waals surface area contributed by atoms with Gasteiger partial charge in [0, 0.05) is 18.9 Å². The molecule has 0 aliphatic rings. The van der Waals surface area contributed by atoms with Crippen LogP contribution in [-0.2, 0) is 6.42 Å². The average molecular weight is 206 g/mol. The molecule has 4 nitrogen and oxygen atoms in total. The van der Waals surface area contributed by atoms with E-state index >= 15 is 0 Å². The number of aromatic nitrogens is 1. The van der Waals surface area contributed by atoms with Gasteiger partial charge in [0.2, 0.25) is 0 Å². The van der Waals surface area contributed by atoms with Crippen molar-refractivity contribution in [1.29, 1.82) is 5.41 Å². The average Bonchev–Trinajstić information content (AvgIpc) is 2.26. The Hall–Kier alpha value is -1.42. The summed E-state index contributed by atoms with van der Waals surface area (Å²) in [4.78, 5) is 6.04. The molecule has 0 fully saturated rings. The number of amidine groups is 1. The minimum Gasteiger partial charge on any atom is -0.386 e. The maximum atomic E-state index is 7.34. The highest BCUT2D eigenvalue weighted by Crippen LogP contribution is 2.01. The van der Waals surface area contributed by atoms with Crippen molar-refractivity contribution in [1.82, 2.24) is 9.88 Å². The maximum absolute atomic E-state index is 7.34. The normalized spacial score (nSPS) is 12.7. The van der Waals surface area contributed by atoms with Crippen LogP contribution in [0.25, 0.3) is 0 Å². The third-order valence-corrected chi connectivity index (χ3v) is 2.61. The van der Waals surface area contributed by atoms with Crippen molar-refractivity contribution in [3.63, 3.8) is 0 Å². The van der Waals surface area contributed by atoms with Gasteiger partial charge in [0.25, 0.3) is 0 Å². The Morgan fingerprint density at radius 3 is 2.67 bits per heavy atom. The molecule has 0 aliphatic carbocycles. The van der Waals surface area contributed by atoms with Crippen molar-refractivity contribution in [2.24, 2.45) is 5.73 Å². The quantitative estimate of drug-likeness (QED) is 0.555. The number of likely N-dealkylation sites (N-methyl/N-ethyl adjacent to an activating group) is 1. The van der Waals surface area contributed by atoms with Crippen LogP contribution >= 0.6 is 0 Å². The Morgan fingerprint density at radius 1 is 1.53 bits per heavy atom. The predicted molar refractivity (Wildman–Crippen MR) is 61.9 cm³/mol. The van der Waals surface area contributed by atoms with E-state index in [0.29, 0.717) is 0 Å². The largest absolute Gasteiger partial charge is 0.386 e. The summed E-state index contributed by atoms with van der Waals surface area (Å²) in [6.45, 7) is 2.83. The minimum absolute atomic E-state index is 0.00633. The fourth-order valence-electron chi connectivity index (χ4n) is 1.29. The third-order valence-electron chi connectivity index (χ3n) is 2.61. The lowest BCUT2D eigenvalue weighted by molar-refractivity contribution is 0.313. The number of hydrogen-bond acceptors (Lipinski definition) is 3. The van der Waals surface area contributed by atoms with Crippen LogP contribution in [0.3, 0.4) is 0 Å². The van der Waals surface area contributed by atoms with E-state index in [4.69, 9.17) is 11.1 Å². The van der Waals surface area contributed by atoms with E-state index in [1.807, 2.05) is 26.1 Å². The molecule has 4 heteroatoms. The van der Waals surface area contributed by atoms with E-state index in [1.165, 1.54) is 5.56 Å². The summed E-state index contributed by atoms with van der Waals surface area (Å²) < 4.78 is 0. The number of hydrogen-bond donors (Lipinski definition) is 2. The summed E-state index contributed by atoms with van der Waals surface area (Å²) in [6.07, 6.45) is 4.55. The second-order valence-electron chi connectivity index (χ2n) is 3.72. The lowest BCUT2D eigenvalue weighted by Gasteiger charge is -2.23. The van der Waals surface area contributed by atoms with Gasteiger partial charge in [0.15, 0.2) is 0 Å². The van der Waals surface area contributed by atoms with Crippen LogP contribution in [0.15, 0.2) is 24.5 Å². The summed E-state index contributed by atoms with van der Waals surface area (Å²) in [5, 5.41) is 7.34. The molecule has 82 valence electrons. The molecule has 0 aliphatic heterocycles. The monoisotopic (exact) mass is 206 g/mol. The second-order valence-corrected chi connectivity index (χ2v) is 3.72. The molecule has 0 saturated carbocycles. The molecule has 0 radical (unpaired) electrons. The topological polar surface area (TPSA) is 66.0 Å². The molecule has 15 heavy (non-hydrogen) atoms. The number of nitrogens with one attached hydrogen (secondary N) is 1. The highest BCUT2D eigenvalue weighted by molar-refractivity contribution is 5.82. The molecule has 1 rings (SSSR count). The summed E-state index contributed by atoms with van der Waals surface area (Å²) in [5.41, 5.74) is 6.69. The van der Waals surface area contributed by atoms with Crippen LogP contribution in [0.2, 0.25) is 0 Å². The Balaban J connectivity index is 2.41.